The second-order valence-electron chi connectivity index (χ2n) is 6.75. The monoisotopic (exact) mass is 343 g/mol. The van der Waals surface area contributed by atoms with Crippen LogP contribution in [0.1, 0.15) is 32.7 Å². The Balaban J connectivity index is 1.78. The number of hydrogen-bond donors (Lipinski definition) is 0. The Morgan fingerprint density at radius 2 is 1.88 bits per heavy atom. The van der Waals surface area contributed by atoms with Gasteiger partial charge in [0, 0.05) is 25.8 Å². The first kappa shape index (κ1) is 17.5. The van der Waals surface area contributed by atoms with E-state index in [-0.39, 0.29) is 17.9 Å². The van der Waals surface area contributed by atoms with Crippen LogP contribution in [0.5, 0.6) is 0 Å². The van der Waals surface area contributed by atoms with Crippen molar-refractivity contribution in [2.24, 2.45) is 5.92 Å². The summed E-state index contributed by atoms with van der Waals surface area (Å²) in [7, 11) is 1.73. The number of tetrazole rings is 1. The van der Waals surface area contributed by atoms with Crippen molar-refractivity contribution in [3.05, 3.63) is 30.3 Å². The number of nitrogens with zero attached hydrogens (tertiary/aromatic N) is 5. The number of likely N-dealkylation sites (tertiary alicyclic amines) is 1. The normalized spacial score (nSPS) is 17.0. The van der Waals surface area contributed by atoms with Crippen molar-refractivity contribution in [3.63, 3.8) is 0 Å². The van der Waals surface area contributed by atoms with Crippen molar-refractivity contribution in [2.45, 2.75) is 38.8 Å². The summed E-state index contributed by atoms with van der Waals surface area (Å²) in [4.78, 5) is 16.4. The van der Waals surface area contributed by atoms with Gasteiger partial charge in [0.25, 0.3) is 0 Å². The Bertz CT molecular complexity index is 693. The third kappa shape index (κ3) is 3.87. The smallest absolute Gasteiger partial charge is 0.249 e. The van der Waals surface area contributed by atoms with Gasteiger partial charge < -0.3 is 9.64 Å². The van der Waals surface area contributed by atoms with Crippen molar-refractivity contribution in [1.29, 1.82) is 0 Å². The molecule has 0 N–H and O–H groups in total. The Labute approximate surface area is 148 Å². The number of benzene rings is 1. The number of hydrogen-bond acceptors (Lipinski definition) is 5. The lowest BCUT2D eigenvalue weighted by Crippen LogP contribution is -2.45. The third-order valence-corrected chi connectivity index (χ3v) is 4.68. The van der Waals surface area contributed by atoms with Crippen molar-refractivity contribution in [3.8, 4) is 11.4 Å². The number of carbonyl (C=O) groups is 1. The third-order valence-electron chi connectivity index (χ3n) is 4.68. The zero-order chi connectivity index (χ0) is 17.8. The number of methoxy groups -OCH3 is 1. The number of rotatable bonds is 5. The van der Waals surface area contributed by atoms with E-state index >= 15 is 0 Å². The molecule has 1 aromatic heterocycles. The quantitative estimate of drug-likeness (QED) is 0.832. The van der Waals surface area contributed by atoms with Gasteiger partial charge in [-0.1, -0.05) is 44.2 Å². The fourth-order valence-electron chi connectivity index (χ4n) is 3.20. The molecule has 7 heteroatoms. The minimum Gasteiger partial charge on any atom is -0.381 e. The molecule has 1 atom stereocenters. The topological polar surface area (TPSA) is 73.1 Å². The zero-order valence-electron chi connectivity index (χ0n) is 15.0. The number of ether oxygens (including phenoxy) is 1. The van der Waals surface area contributed by atoms with Crippen LogP contribution in [-0.2, 0) is 9.53 Å². The second kappa shape index (κ2) is 7.74. The first-order valence-corrected chi connectivity index (χ1v) is 8.76. The van der Waals surface area contributed by atoms with Crippen molar-refractivity contribution in [1.82, 2.24) is 25.1 Å². The molecular formula is C18H25N5O2. The predicted octanol–water partition coefficient (Wildman–Crippen LogP) is 2.17. The highest BCUT2D eigenvalue weighted by Gasteiger charge is 2.33. The van der Waals surface area contributed by atoms with E-state index in [9.17, 15) is 4.79 Å². The van der Waals surface area contributed by atoms with Crippen LogP contribution in [0.25, 0.3) is 11.4 Å². The fraction of sp³-hybridized carbons (Fsp3) is 0.556. The maximum absolute atomic E-state index is 13.0. The maximum atomic E-state index is 13.0. The molecule has 1 aromatic carbocycles. The van der Waals surface area contributed by atoms with E-state index in [0.717, 1.165) is 18.4 Å². The van der Waals surface area contributed by atoms with E-state index < -0.39 is 6.04 Å². The van der Waals surface area contributed by atoms with Gasteiger partial charge in [0.15, 0.2) is 6.04 Å². The van der Waals surface area contributed by atoms with E-state index in [2.05, 4.69) is 15.4 Å². The molecule has 134 valence electrons. The maximum Gasteiger partial charge on any atom is 0.249 e. The lowest BCUT2D eigenvalue weighted by molar-refractivity contribution is -0.139. The van der Waals surface area contributed by atoms with Crippen LogP contribution in [0.15, 0.2) is 30.3 Å². The van der Waals surface area contributed by atoms with Gasteiger partial charge >= 0.3 is 0 Å². The summed E-state index contributed by atoms with van der Waals surface area (Å²) in [5, 5.41) is 12.8. The molecule has 0 aliphatic carbocycles. The van der Waals surface area contributed by atoms with Gasteiger partial charge in [0.1, 0.15) is 0 Å². The van der Waals surface area contributed by atoms with E-state index in [1.54, 1.807) is 7.11 Å². The van der Waals surface area contributed by atoms with Gasteiger partial charge in [-0.15, -0.1) is 10.2 Å². The van der Waals surface area contributed by atoms with Gasteiger partial charge in [-0.2, -0.15) is 4.80 Å². The Hall–Kier alpha value is -2.28. The fourth-order valence-corrected chi connectivity index (χ4v) is 3.20. The number of aromatic nitrogens is 4. The number of carbonyl (C=O) groups excluding carboxylic acids is 1. The summed E-state index contributed by atoms with van der Waals surface area (Å²) in [6, 6.07) is 9.23. The molecule has 0 bridgehead atoms. The van der Waals surface area contributed by atoms with Crippen LogP contribution in [0.4, 0.5) is 0 Å². The van der Waals surface area contributed by atoms with E-state index in [4.69, 9.17) is 4.74 Å². The van der Waals surface area contributed by atoms with Crippen LogP contribution in [-0.4, -0.2) is 57.3 Å². The van der Waals surface area contributed by atoms with Gasteiger partial charge in [-0.05, 0) is 24.0 Å². The van der Waals surface area contributed by atoms with Crippen molar-refractivity contribution in [2.75, 3.05) is 20.2 Å². The summed E-state index contributed by atoms with van der Waals surface area (Å²) < 4.78 is 5.39. The number of piperidine rings is 1. The zero-order valence-corrected chi connectivity index (χ0v) is 15.0. The van der Waals surface area contributed by atoms with Crippen LogP contribution in [0.2, 0.25) is 0 Å². The lowest BCUT2D eigenvalue weighted by atomic mass is 10.0. The minimum atomic E-state index is -0.441. The molecule has 1 saturated heterocycles. The Kier molecular flexibility index (Phi) is 5.43. The van der Waals surface area contributed by atoms with Gasteiger partial charge in [-0.3, -0.25) is 4.79 Å². The van der Waals surface area contributed by atoms with E-state index in [0.29, 0.717) is 18.9 Å². The highest BCUT2D eigenvalue weighted by atomic mass is 16.5. The Morgan fingerprint density at radius 1 is 1.20 bits per heavy atom. The second-order valence-corrected chi connectivity index (χ2v) is 6.75. The first-order chi connectivity index (χ1) is 12.1. The lowest BCUT2D eigenvalue weighted by Gasteiger charge is -2.34. The number of amides is 1. The molecule has 3 rings (SSSR count). The van der Waals surface area contributed by atoms with Crippen LogP contribution in [0, 0.1) is 5.92 Å². The van der Waals surface area contributed by atoms with Crippen molar-refractivity contribution < 1.29 is 9.53 Å². The van der Waals surface area contributed by atoms with Gasteiger partial charge in [0.05, 0.1) is 6.10 Å². The largest absolute Gasteiger partial charge is 0.381 e. The van der Waals surface area contributed by atoms with Gasteiger partial charge in [-0.25, -0.2) is 0 Å². The summed E-state index contributed by atoms with van der Waals surface area (Å²) in [5.41, 5.74) is 0.893. The summed E-state index contributed by atoms with van der Waals surface area (Å²) in [5.74, 6) is 0.671. The van der Waals surface area contributed by atoms with Crippen LogP contribution < -0.4 is 0 Å². The molecule has 25 heavy (non-hydrogen) atoms. The summed E-state index contributed by atoms with van der Waals surface area (Å²) in [6.07, 6.45) is 1.98. The van der Waals surface area contributed by atoms with Crippen LogP contribution >= 0.6 is 0 Å². The minimum absolute atomic E-state index is 0.0570. The molecule has 1 aliphatic heterocycles. The molecule has 2 heterocycles. The molecule has 0 radical (unpaired) electrons. The molecule has 1 aliphatic rings. The molecule has 7 nitrogen and oxygen atoms in total. The van der Waals surface area contributed by atoms with Crippen molar-refractivity contribution >= 4 is 5.91 Å². The average Bonchev–Trinajstić information content (AvgIpc) is 3.12. The molecule has 0 spiro atoms. The molecule has 0 saturated carbocycles. The van der Waals surface area contributed by atoms with Gasteiger partial charge in [0.2, 0.25) is 11.7 Å². The molecular weight excluding hydrogens is 318 g/mol. The SMILES string of the molecule is COC1CCN(C(=O)[C@H](C(C)C)n2nnc(-c3ccccc3)n2)CC1. The highest BCUT2D eigenvalue weighted by Crippen LogP contribution is 2.23. The van der Waals surface area contributed by atoms with E-state index in [1.165, 1.54) is 4.80 Å². The molecule has 0 unspecified atom stereocenters. The molecule has 2 aromatic rings. The Morgan fingerprint density at radius 3 is 2.48 bits per heavy atom. The average molecular weight is 343 g/mol. The first-order valence-electron chi connectivity index (χ1n) is 8.76. The predicted molar refractivity (Wildman–Crippen MR) is 93.7 cm³/mol. The summed E-state index contributed by atoms with van der Waals surface area (Å²) >= 11 is 0. The summed E-state index contributed by atoms with van der Waals surface area (Å²) in [6.45, 7) is 5.44. The molecule has 1 fully saturated rings. The highest BCUT2D eigenvalue weighted by molar-refractivity contribution is 5.80. The molecule has 1 amide bonds. The standard InChI is InChI=1S/C18H25N5O2/c1-13(2)16(18(24)22-11-9-15(25-3)10-12-22)23-20-17(19-21-23)14-7-5-4-6-8-14/h4-8,13,15-16H,9-12H2,1-3H3/t16-/m0/s1. The van der Waals surface area contributed by atoms with E-state index in [1.807, 2.05) is 49.1 Å². The van der Waals surface area contributed by atoms with Crippen LogP contribution in [0.3, 0.4) is 0 Å².